The third kappa shape index (κ3) is 2.68. The van der Waals surface area contributed by atoms with Crippen LogP contribution in [0.3, 0.4) is 0 Å². The largest absolute Gasteiger partial charge is 0.393 e. The van der Waals surface area contributed by atoms with Gasteiger partial charge in [0.1, 0.15) is 0 Å². The van der Waals surface area contributed by atoms with Gasteiger partial charge in [0.05, 0.1) is 11.7 Å². The van der Waals surface area contributed by atoms with Gasteiger partial charge in [-0.15, -0.1) is 0 Å². The molecule has 0 saturated heterocycles. The molecule has 0 spiro atoms. The van der Waals surface area contributed by atoms with Gasteiger partial charge in [-0.25, -0.2) is 0 Å². The molecule has 1 saturated carbocycles. The van der Waals surface area contributed by atoms with Crippen molar-refractivity contribution in [3.8, 4) is 0 Å². The van der Waals surface area contributed by atoms with Crippen molar-refractivity contribution in [2.24, 2.45) is 5.92 Å². The van der Waals surface area contributed by atoms with Crippen molar-refractivity contribution in [2.45, 2.75) is 64.1 Å². The predicted octanol–water partition coefficient (Wildman–Crippen LogP) is 2.09. The second-order valence-corrected chi connectivity index (χ2v) is 4.39. The van der Waals surface area contributed by atoms with Crippen LogP contribution in [0.4, 0.5) is 0 Å². The Kier molecular flexibility index (Phi) is 3.74. The molecule has 0 heterocycles. The smallest absolute Gasteiger partial charge is 0.0646 e. The first-order valence-electron chi connectivity index (χ1n) is 5.51. The zero-order valence-electron chi connectivity index (χ0n) is 8.79. The lowest BCUT2D eigenvalue weighted by molar-refractivity contribution is -0.0107. The van der Waals surface area contributed by atoms with E-state index < -0.39 is 5.60 Å². The minimum Gasteiger partial charge on any atom is -0.393 e. The first-order chi connectivity index (χ1) is 6.11. The number of hydrogen-bond acceptors (Lipinski definition) is 2. The zero-order valence-corrected chi connectivity index (χ0v) is 8.79. The van der Waals surface area contributed by atoms with Crippen molar-refractivity contribution in [1.82, 2.24) is 0 Å². The molecular formula is C11H22O2. The van der Waals surface area contributed by atoms with Gasteiger partial charge in [-0.1, -0.05) is 20.3 Å². The van der Waals surface area contributed by atoms with E-state index >= 15 is 0 Å². The van der Waals surface area contributed by atoms with Gasteiger partial charge in [-0.05, 0) is 38.0 Å². The Labute approximate surface area is 81.0 Å². The highest BCUT2D eigenvalue weighted by atomic mass is 16.3. The summed E-state index contributed by atoms with van der Waals surface area (Å²) in [5, 5.41) is 19.7. The van der Waals surface area contributed by atoms with E-state index in [1.165, 1.54) is 0 Å². The number of aliphatic hydroxyl groups excluding tert-OH is 1. The molecule has 2 nitrogen and oxygen atoms in total. The molecule has 13 heavy (non-hydrogen) atoms. The monoisotopic (exact) mass is 186 g/mol. The molecule has 0 bridgehead atoms. The molecule has 0 aliphatic heterocycles. The topological polar surface area (TPSA) is 40.5 Å². The molecule has 0 aromatic heterocycles. The summed E-state index contributed by atoms with van der Waals surface area (Å²) in [5.41, 5.74) is -0.532. The Bertz CT molecular complexity index is 152. The van der Waals surface area contributed by atoms with Crippen molar-refractivity contribution in [1.29, 1.82) is 0 Å². The van der Waals surface area contributed by atoms with E-state index in [2.05, 4.69) is 0 Å². The Morgan fingerprint density at radius 2 is 1.85 bits per heavy atom. The molecule has 0 radical (unpaired) electrons. The van der Waals surface area contributed by atoms with Crippen LogP contribution in [0.2, 0.25) is 0 Å². The minimum absolute atomic E-state index is 0.162. The maximum Gasteiger partial charge on any atom is 0.0646 e. The van der Waals surface area contributed by atoms with Gasteiger partial charge < -0.3 is 10.2 Å². The van der Waals surface area contributed by atoms with Crippen LogP contribution in [0.15, 0.2) is 0 Å². The molecule has 2 N–H and O–H groups in total. The lowest BCUT2D eigenvalue weighted by Crippen LogP contribution is -2.32. The first-order valence-corrected chi connectivity index (χ1v) is 5.51. The van der Waals surface area contributed by atoms with Crippen LogP contribution in [0.5, 0.6) is 0 Å². The molecule has 1 rings (SSSR count). The average molecular weight is 186 g/mol. The normalized spacial score (nSPS) is 29.5. The summed E-state index contributed by atoms with van der Waals surface area (Å²) in [6, 6.07) is 0. The van der Waals surface area contributed by atoms with Crippen molar-refractivity contribution >= 4 is 0 Å². The van der Waals surface area contributed by atoms with Gasteiger partial charge in [0, 0.05) is 0 Å². The molecular weight excluding hydrogens is 164 g/mol. The Morgan fingerprint density at radius 3 is 2.23 bits per heavy atom. The maximum atomic E-state index is 10.1. The summed E-state index contributed by atoms with van der Waals surface area (Å²) >= 11 is 0. The van der Waals surface area contributed by atoms with Gasteiger partial charge in [-0.3, -0.25) is 0 Å². The highest BCUT2D eigenvalue weighted by Gasteiger charge is 2.33. The summed E-state index contributed by atoms with van der Waals surface area (Å²) in [6.45, 7) is 4.04. The second kappa shape index (κ2) is 4.43. The number of aliphatic hydroxyl groups is 2. The standard InChI is InChI=1S/C11H22O2/c1-3-11(13,4-2)8-9-6-5-7-10(9)12/h9-10,12-13H,3-8H2,1-2H3. The molecule has 1 aliphatic rings. The molecule has 2 atom stereocenters. The third-order valence-corrected chi connectivity index (χ3v) is 3.58. The average Bonchev–Trinajstić information content (AvgIpc) is 2.52. The highest BCUT2D eigenvalue weighted by Crippen LogP contribution is 2.34. The molecule has 2 unspecified atom stereocenters. The molecule has 78 valence electrons. The van der Waals surface area contributed by atoms with Crippen LogP contribution in [0.1, 0.15) is 52.4 Å². The fourth-order valence-corrected chi connectivity index (χ4v) is 2.28. The van der Waals surface area contributed by atoms with E-state index in [1.807, 2.05) is 13.8 Å². The van der Waals surface area contributed by atoms with E-state index in [9.17, 15) is 10.2 Å². The Morgan fingerprint density at radius 1 is 1.23 bits per heavy atom. The van der Waals surface area contributed by atoms with Crippen LogP contribution in [-0.4, -0.2) is 21.9 Å². The quantitative estimate of drug-likeness (QED) is 0.705. The van der Waals surface area contributed by atoms with Crippen LogP contribution in [-0.2, 0) is 0 Å². The van der Waals surface area contributed by atoms with Crippen molar-refractivity contribution in [3.05, 3.63) is 0 Å². The summed E-state index contributed by atoms with van der Waals surface area (Å²) < 4.78 is 0. The molecule has 0 amide bonds. The fraction of sp³-hybridized carbons (Fsp3) is 1.00. The van der Waals surface area contributed by atoms with Crippen LogP contribution in [0.25, 0.3) is 0 Å². The van der Waals surface area contributed by atoms with Gasteiger partial charge in [0.15, 0.2) is 0 Å². The van der Waals surface area contributed by atoms with Crippen molar-refractivity contribution in [3.63, 3.8) is 0 Å². The molecule has 1 aliphatic carbocycles. The number of hydrogen-bond donors (Lipinski definition) is 2. The summed E-state index contributed by atoms with van der Waals surface area (Å²) in [4.78, 5) is 0. The van der Waals surface area contributed by atoms with E-state index in [0.717, 1.165) is 38.5 Å². The summed E-state index contributed by atoms with van der Waals surface area (Å²) in [5.74, 6) is 0.338. The SMILES string of the molecule is CCC(O)(CC)CC1CCCC1O. The molecule has 0 aromatic carbocycles. The third-order valence-electron chi connectivity index (χ3n) is 3.58. The molecule has 0 aromatic rings. The van der Waals surface area contributed by atoms with Crippen LogP contribution in [0, 0.1) is 5.92 Å². The number of rotatable bonds is 4. The van der Waals surface area contributed by atoms with E-state index in [0.29, 0.717) is 5.92 Å². The zero-order chi connectivity index (χ0) is 9.90. The van der Waals surface area contributed by atoms with Gasteiger partial charge in [0.2, 0.25) is 0 Å². The minimum atomic E-state index is -0.532. The van der Waals surface area contributed by atoms with E-state index in [1.54, 1.807) is 0 Å². The predicted molar refractivity (Wildman–Crippen MR) is 53.5 cm³/mol. The summed E-state index contributed by atoms with van der Waals surface area (Å²) in [6.07, 6.45) is 5.35. The summed E-state index contributed by atoms with van der Waals surface area (Å²) in [7, 11) is 0. The van der Waals surface area contributed by atoms with E-state index in [-0.39, 0.29) is 6.10 Å². The Hall–Kier alpha value is -0.0800. The second-order valence-electron chi connectivity index (χ2n) is 4.39. The lowest BCUT2D eigenvalue weighted by Gasteiger charge is -2.29. The van der Waals surface area contributed by atoms with Gasteiger partial charge in [-0.2, -0.15) is 0 Å². The molecule has 2 heteroatoms. The van der Waals surface area contributed by atoms with E-state index in [4.69, 9.17) is 0 Å². The van der Waals surface area contributed by atoms with Gasteiger partial charge in [0.25, 0.3) is 0 Å². The lowest BCUT2D eigenvalue weighted by atomic mass is 9.84. The van der Waals surface area contributed by atoms with Gasteiger partial charge >= 0.3 is 0 Å². The first kappa shape index (κ1) is 11.0. The maximum absolute atomic E-state index is 10.1. The Balaban J connectivity index is 2.45. The van der Waals surface area contributed by atoms with Crippen molar-refractivity contribution in [2.75, 3.05) is 0 Å². The highest BCUT2D eigenvalue weighted by molar-refractivity contribution is 4.85. The molecule has 1 fully saturated rings. The van der Waals surface area contributed by atoms with Crippen molar-refractivity contribution < 1.29 is 10.2 Å². The van der Waals surface area contributed by atoms with Crippen LogP contribution >= 0.6 is 0 Å². The van der Waals surface area contributed by atoms with Crippen LogP contribution < -0.4 is 0 Å². The fourth-order valence-electron chi connectivity index (χ4n) is 2.28.